The van der Waals surface area contributed by atoms with E-state index in [0.29, 0.717) is 31.6 Å². The van der Waals surface area contributed by atoms with E-state index in [4.69, 9.17) is 4.74 Å². The van der Waals surface area contributed by atoms with Crippen LogP contribution in [-0.4, -0.2) is 37.4 Å². The summed E-state index contributed by atoms with van der Waals surface area (Å²) < 4.78 is 5.12. The molecule has 7 nitrogen and oxygen atoms in total. The predicted octanol–water partition coefficient (Wildman–Crippen LogP) is 2.63. The highest BCUT2D eigenvalue weighted by Gasteiger charge is 2.10. The van der Waals surface area contributed by atoms with Crippen LogP contribution >= 0.6 is 0 Å². The third-order valence-electron chi connectivity index (χ3n) is 3.17. The van der Waals surface area contributed by atoms with E-state index in [-0.39, 0.29) is 6.54 Å². The van der Waals surface area contributed by atoms with Crippen LogP contribution < -0.4 is 10.1 Å². The lowest BCUT2D eigenvalue weighted by molar-refractivity contribution is 0.199. The summed E-state index contributed by atoms with van der Waals surface area (Å²) in [6.07, 6.45) is 5.97. The Balaban J connectivity index is 2.38. The molecule has 0 aliphatic heterocycles. The molecular weight excluding hydrogens is 310 g/mol. The number of isocyanates is 2. The van der Waals surface area contributed by atoms with Crippen LogP contribution in [-0.2, 0) is 9.59 Å². The number of carbonyl (C=O) groups excluding carboxylic acids is 3. The van der Waals surface area contributed by atoms with Gasteiger partial charge in [-0.1, -0.05) is 24.8 Å². The number of ether oxygens (including phenoxy) is 1. The molecule has 0 fully saturated rings. The minimum atomic E-state index is -0.627. The number of hydrogen-bond acceptors (Lipinski definition) is 6. The molecule has 0 aliphatic carbocycles. The van der Waals surface area contributed by atoms with Crippen molar-refractivity contribution in [2.24, 2.45) is 9.98 Å². The summed E-state index contributed by atoms with van der Waals surface area (Å²) in [7, 11) is 0. The van der Waals surface area contributed by atoms with Crippen LogP contribution in [0.4, 0.5) is 4.79 Å². The molecule has 1 atom stereocenters. The van der Waals surface area contributed by atoms with Crippen molar-refractivity contribution in [2.45, 2.75) is 25.3 Å². The van der Waals surface area contributed by atoms with E-state index < -0.39 is 12.1 Å². The zero-order valence-electron chi connectivity index (χ0n) is 13.2. The number of carbonyl (C=O) groups is 1. The number of rotatable bonds is 10. The Hall–Kier alpha value is -3.01. The van der Waals surface area contributed by atoms with Gasteiger partial charge in [0.1, 0.15) is 5.75 Å². The summed E-state index contributed by atoms with van der Waals surface area (Å²) in [4.78, 5) is 39.2. The number of unbranched alkanes of at least 4 members (excludes halogenated alkanes) is 1. The van der Waals surface area contributed by atoms with Crippen molar-refractivity contribution in [1.82, 2.24) is 5.32 Å². The van der Waals surface area contributed by atoms with Crippen LogP contribution in [0, 0.1) is 0 Å². The molecule has 24 heavy (non-hydrogen) atoms. The molecule has 0 radical (unpaired) electrons. The first-order valence-electron chi connectivity index (χ1n) is 7.48. The monoisotopic (exact) mass is 329 g/mol. The van der Waals surface area contributed by atoms with Crippen LogP contribution in [0.15, 0.2) is 40.8 Å². The Morgan fingerprint density at radius 3 is 2.62 bits per heavy atom. The molecule has 0 spiro atoms. The Morgan fingerprint density at radius 2 is 2.00 bits per heavy atom. The molecule has 1 rings (SSSR count). The van der Waals surface area contributed by atoms with Crippen LogP contribution in [0.2, 0.25) is 0 Å². The molecule has 0 saturated heterocycles. The van der Waals surface area contributed by atoms with Crippen molar-refractivity contribution in [3.8, 4) is 5.75 Å². The predicted molar refractivity (Wildman–Crippen MR) is 89.3 cm³/mol. The van der Waals surface area contributed by atoms with Gasteiger partial charge in [-0.2, -0.15) is 0 Å². The molecule has 0 bridgehead atoms. The van der Waals surface area contributed by atoms with Gasteiger partial charge in [0.05, 0.1) is 12.6 Å². The second kappa shape index (κ2) is 11.5. The van der Waals surface area contributed by atoms with Crippen LogP contribution in [0.3, 0.4) is 0 Å². The first kappa shape index (κ1) is 19.0. The molecule has 1 aromatic rings. The number of hydrogen-bond donors (Lipinski definition) is 1. The van der Waals surface area contributed by atoms with Crippen molar-refractivity contribution in [3.63, 3.8) is 0 Å². The molecule has 7 heteroatoms. The molecule has 1 N–H and O–H groups in total. The van der Waals surface area contributed by atoms with Gasteiger partial charge < -0.3 is 10.1 Å². The van der Waals surface area contributed by atoms with E-state index in [9.17, 15) is 14.4 Å². The van der Waals surface area contributed by atoms with E-state index in [2.05, 4.69) is 21.9 Å². The minimum absolute atomic E-state index is 0.162. The zero-order chi connectivity index (χ0) is 17.6. The maximum Gasteiger partial charge on any atom is 0.412 e. The highest BCUT2D eigenvalue weighted by Crippen LogP contribution is 2.13. The van der Waals surface area contributed by atoms with Crippen molar-refractivity contribution < 1.29 is 19.1 Å². The molecule has 1 unspecified atom stereocenters. The fourth-order valence-electron chi connectivity index (χ4n) is 1.92. The van der Waals surface area contributed by atoms with Crippen LogP contribution in [0.1, 0.15) is 24.8 Å². The van der Waals surface area contributed by atoms with Gasteiger partial charge in [0, 0.05) is 6.54 Å². The maximum absolute atomic E-state index is 11.7. The largest absolute Gasteiger partial charge is 0.412 e. The maximum atomic E-state index is 11.7. The Morgan fingerprint density at radius 1 is 1.25 bits per heavy atom. The topological polar surface area (TPSA) is 97.2 Å². The normalized spacial score (nSPS) is 10.7. The number of amides is 1. The number of aliphatic imine (C=N–C) groups is 2. The molecular formula is C17H19N3O4. The van der Waals surface area contributed by atoms with Gasteiger partial charge in [-0.15, -0.1) is 0 Å². The van der Waals surface area contributed by atoms with E-state index >= 15 is 0 Å². The number of nitrogens with one attached hydrogen (secondary N) is 1. The van der Waals surface area contributed by atoms with Crippen LogP contribution in [0.25, 0.3) is 6.08 Å². The van der Waals surface area contributed by atoms with Crippen molar-refractivity contribution in [3.05, 3.63) is 36.4 Å². The summed E-state index contributed by atoms with van der Waals surface area (Å²) in [5.41, 5.74) is 0.919. The average Bonchev–Trinajstić information content (AvgIpc) is 2.60. The standard InChI is InChI=1S/C17H19N3O4/c1-2-14-6-8-16(9-7-14)24-17(23)19-11-15(20-13-22)5-3-4-10-18-12-21/h2,6-9,15H,1,3-5,10-11H2,(H,19,23). The Labute approximate surface area is 140 Å². The minimum Gasteiger partial charge on any atom is -0.410 e. The smallest absolute Gasteiger partial charge is 0.410 e. The summed E-state index contributed by atoms with van der Waals surface area (Å²) in [6, 6.07) is 6.47. The van der Waals surface area contributed by atoms with Gasteiger partial charge in [-0.25, -0.2) is 24.4 Å². The van der Waals surface area contributed by atoms with Gasteiger partial charge in [0.15, 0.2) is 0 Å². The van der Waals surface area contributed by atoms with E-state index in [0.717, 1.165) is 5.56 Å². The van der Waals surface area contributed by atoms with Crippen LogP contribution in [0.5, 0.6) is 5.75 Å². The molecule has 0 aromatic heterocycles. The fraction of sp³-hybridized carbons (Fsp3) is 0.353. The van der Waals surface area contributed by atoms with Gasteiger partial charge >= 0.3 is 6.09 Å². The summed E-state index contributed by atoms with van der Waals surface area (Å²) >= 11 is 0. The quantitative estimate of drug-likeness (QED) is 0.405. The molecule has 0 saturated carbocycles. The van der Waals surface area contributed by atoms with E-state index in [1.165, 1.54) is 12.2 Å². The summed E-state index contributed by atoms with van der Waals surface area (Å²) in [5, 5.41) is 2.56. The molecule has 126 valence electrons. The third-order valence-corrected chi connectivity index (χ3v) is 3.17. The number of nitrogens with zero attached hydrogens (tertiary/aromatic N) is 2. The van der Waals surface area contributed by atoms with E-state index in [1.807, 2.05) is 0 Å². The van der Waals surface area contributed by atoms with Gasteiger partial charge in [-0.3, -0.25) is 0 Å². The first-order valence-corrected chi connectivity index (χ1v) is 7.48. The number of benzene rings is 1. The lowest BCUT2D eigenvalue weighted by Crippen LogP contribution is -2.33. The lowest BCUT2D eigenvalue weighted by atomic mass is 10.1. The molecule has 0 heterocycles. The van der Waals surface area contributed by atoms with Gasteiger partial charge in [-0.05, 0) is 37.0 Å². The SMILES string of the molecule is C=Cc1ccc(OC(=O)NCC(CCCCN=C=O)N=C=O)cc1. The Kier molecular flexibility index (Phi) is 9.16. The second-order valence-electron chi connectivity index (χ2n) is 4.89. The van der Waals surface area contributed by atoms with Crippen molar-refractivity contribution in [2.75, 3.05) is 13.1 Å². The first-order chi connectivity index (χ1) is 11.7. The van der Waals surface area contributed by atoms with Crippen molar-refractivity contribution >= 4 is 24.3 Å². The molecule has 1 aromatic carbocycles. The molecule has 1 amide bonds. The Bertz CT molecular complexity index is 630. The summed E-state index contributed by atoms with van der Waals surface area (Å²) in [6.45, 7) is 4.19. The highest BCUT2D eigenvalue weighted by atomic mass is 16.6. The molecule has 0 aliphatic rings. The summed E-state index contributed by atoms with van der Waals surface area (Å²) in [5.74, 6) is 0.403. The average molecular weight is 329 g/mol. The second-order valence-corrected chi connectivity index (χ2v) is 4.89. The third kappa shape index (κ3) is 7.84. The lowest BCUT2D eigenvalue weighted by Gasteiger charge is -2.12. The van der Waals surface area contributed by atoms with Gasteiger partial charge in [0.25, 0.3) is 0 Å². The van der Waals surface area contributed by atoms with E-state index in [1.54, 1.807) is 30.3 Å². The highest BCUT2D eigenvalue weighted by molar-refractivity contribution is 5.70. The van der Waals surface area contributed by atoms with Gasteiger partial charge in [0.2, 0.25) is 12.2 Å². The zero-order valence-corrected chi connectivity index (χ0v) is 13.2. The fourth-order valence-corrected chi connectivity index (χ4v) is 1.92. The van der Waals surface area contributed by atoms with Crippen molar-refractivity contribution in [1.29, 1.82) is 0 Å².